The van der Waals surface area contributed by atoms with Crippen LogP contribution in [0.15, 0.2) is 6.07 Å². The summed E-state index contributed by atoms with van der Waals surface area (Å²) in [6, 6.07) is 1.58. The molecule has 0 bridgehead atoms. The molecule has 2 nitrogen and oxygen atoms in total. The summed E-state index contributed by atoms with van der Waals surface area (Å²) in [5, 5.41) is 8.61. The van der Waals surface area contributed by atoms with Gasteiger partial charge in [-0.1, -0.05) is 11.6 Å². The molecular weight excluding hydrogens is 172 g/mol. The highest BCUT2D eigenvalue weighted by molar-refractivity contribution is 7.16. The second-order valence-corrected chi connectivity index (χ2v) is 3.46. The van der Waals surface area contributed by atoms with Gasteiger partial charge in [-0.05, 0) is 6.07 Å². The average Bonchev–Trinajstić information content (AvgIpc) is 2.30. The van der Waals surface area contributed by atoms with Crippen LogP contribution in [0.1, 0.15) is 15.2 Å². The highest BCUT2D eigenvalue weighted by Crippen LogP contribution is 2.25. The fraction of sp³-hybridized carbons (Fsp3) is 0.167. The number of carbonyl (C=O) groups excluding carboxylic acids is 1. The molecule has 0 amide bonds. The zero-order valence-corrected chi connectivity index (χ0v) is 6.58. The number of aldehydes is 1. The molecule has 0 aliphatic carbocycles. The van der Waals surface area contributed by atoms with E-state index in [0.29, 0.717) is 21.1 Å². The molecule has 10 heavy (non-hydrogen) atoms. The van der Waals surface area contributed by atoms with E-state index in [1.807, 2.05) is 0 Å². The maximum atomic E-state index is 10.2. The monoisotopic (exact) mass is 176 g/mol. The van der Waals surface area contributed by atoms with E-state index in [1.165, 1.54) is 11.3 Å². The fourth-order valence-electron chi connectivity index (χ4n) is 0.592. The van der Waals surface area contributed by atoms with Crippen LogP contribution < -0.4 is 0 Å². The minimum Gasteiger partial charge on any atom is -0.391 e. The van der Waals surface area contributed by atoms with Gasteiger partial charge in [-0.2, -0.15) is 0 Å². The van der Waals surface area contributed by atoms with Gasteiger partial charge in [0.2, 0.25) is 0 Å². The standard InChI is InChI=1S/C6H5ClO2S/c7-6-4(2-8)1-5(3-9)10-6/h1-2,9H,3H2. The smallest absolute Gasteiger partial charge is 0.152 e. The third-order valence-electron chi connectivity index (χ3n) is 1.05. The van der Waals surface area contributed by atoms with Crippen molar-refractivity contribution in [3.8, 4) is 0 Å². The van der Waals surface area contributed by atoms with Crippen LogP contribution in [0, 0.1) is 0 Å². The molecule has 0 radical (unpaired) electrons. The van der Waals surface area contributed by atoms with Crippen LogP contribution in [0.3, 0.4) is 0 Å². The normalized spacial score (nSPS) is 9.80. The van der Waals surface area contributed by atoms with Crippen molar-refractivity contribution >= 4 is 29.2 Å². The van der Waals surface area contributed by atoms with Crippen molar-refractivity contribution in [1.29, 1.82) is 0 Å². The molecule has 54 valence electrons. The van der Waals surface area contributed by atoms with Gasteiger partial charge in [-0.3, -0.25) is 4.79 Å². The lowest BCUT2D eigenvalue weighted by molar-refractivity contribution is 0.112. The summed E-state index contributed by atoms with van der Waals surface area (Å²) < 4.78 is 0.444. The Balaban J connectivity index is 3.03. The Morgan fingerprint density at radius 3 is 2.80 bits per heavy atom. The highest BCUT2D eigenvalue weighted by Gasteiger charge is 2.03. The lowest BCUT2D eigenvalue weighted by Gasteiger charge is -1.79. The summed E-state index contributed by atoms with van der Waals surface area (Å²) in [7, 11) is 0. The van der Waals surface area contributed by atoms with E-state index in [4.69, 9.17) is 16.7 Å². The van der Waals surface area contributed by atoms with Crippen LogP contribution >= 0.6 is 22.9 Å². The lowest BCUT2D eigenvalue weighted by atomic mass is 10.3. The number of aliphatic hydroxyl groups is 1. The number of aliphatic hydroxyl groups excluding tert-OH is 1. The Kier molecular flexibility index (Phi) is 2.43. The highest BCUT2D eigenvalue weighted by atomic mass is 35.5. The molecule has 0 aliphatic heterocycles. The fourth-order valence-corrected chi connectivity index (χ4v) is 1.69. The predicted octanol–water partition coefficient (Wildman–Crippen LogP) is 1.71. The summed E-state index contributed by atoms with van der Waals surface area (Å²) in [4.78, 5) is 10.9. The van der Waals surface area contributed by atoms with E-state index in [1.54, 1.807) is 6.07 Å². The van der Waals surface area contributed by atoms with Crippen molar-refractivity contribution in [3.05, 3.63) is 20.8 Å². The van der Waals surface area contributed by atoms with Crippen molar-refractivity contribution < 1.29 is 9.90 Å². The van der Waals surface area contributed by atoms with Gasteiger partial charge in [0.15, 0.2) is 6.29 Å². The summed E-state index contributed by atoms with van der Waals surface area (Å²) in [6.07, 6.45) is 0.679. The Labute approximate surface area is 67.1 Å². The first kappa shape index (κ1) is 7.72. The zero-order valence-electron chi connectivity index (χ0n) is 5.00. The van der Waals surface area contributed by atoms with Gasteiger partial charge in [-0.25, -0.2) is 0 Å². The number of thiophene rings is 1. The van der Waals surface area contributed by atoms with Crippen LogP contribution in [0.2, 0.25) is 4.34 Å². The first-order valence-corrected chi connectivity index (χ1v) is 3.81. The Bertz CT molecular complexity index is 244. The van der Waals surface area contributed by atoms with Crippen molar-refractivity contribution in [3.63, 3.8) is 0 Å². The minimum atomic E-state index is -0.0573. The Hall–Kier alpha value is -0.380. The van der Waals surface area contributed by atoms with E-state index >= 15 is 0 Å². The quantitative estimate of drug-likeness (QED) is 0.697. The molecule has 0 fully saturated rings. The van der Waals surface area contributed by atoms with Gasteiger partial charge in [0, 0.05) is 10.4 Å². The third-order valence-corrected chi connectivity index (χ3v) is 2.42. The average molecular weight is 177 g/mol. The second kappa shape index (κ2) is 3.14. The molecule has 0 aromatic carbocycles. The van der Waals surface area contributed by atoms with Gasteiger partial charge in [0.25, 0.3) is 0 Å². The van der Waals surface area contributed by atoms with Gasteiger partial charge in [0.05, 0.1) is 6.61 Å². The van der Waals surface area contributed by atoms with Crippen molar-refractivity contribution in [2.45, 2.75) is 6.61 Å². The minimum absolute atomic E-state index is 0.0573. The topological polar surface area (TPSA) is 37.3 Å². The molecule has 1 aromatic heterocycles. The molecule has 0 saturated heterocycles. The number of halogens is 1. The molecule has 0 unspecified atom stereocenters. The van der Waals surface area contributed by atoms with E-state index < -0.39 is 0 Å². The molecule has 0 saturated carbocycles. The van der Waals surface area contributed by atoms with Gasteiger partial charge < -0.3 is 5.11 Å². The summed E-state index contributed by atoms with van der Waals surface area (Å²) in [5.41, 5.74) is 0.454. The van der Waals surface area contributed by atoms with Crippen LogP contribution in [-0.2, 0) is 6.61 Å². The zero-order chi connectivity index (χ0) is 7.56. The first-order valence-electron chi connectivity index (χ1n) is 2.62. The first-order chi connectivity index (χ1) is 4.77. The molecule has 1 rings (SSSR count). The van der Waals surface area contributed by atoms with Crippen molar-refractivity contribution in [1.82, 2.24) is 0 Å². The second-order valence-electron chi connectivity index (χ2n) is 1.72. The van der Waals surface area contributed by atoms with E-state index in [2.05, 4.69) is 0 Å². The van der Waals surface area contributed by atoms with E-state index in [-0.39, 0.29) is 6.61 Å². The molecule has 0 spiro atoms. The van der Waals surface area contributed by atoms with Gasteiger partial charge in [0.1, 0.15) is 4.34 Å². The van der Waals surface area contributed by atoms with Crippen LogP contribution in [-0.4, -0.2) is 11.4 Å². The number of rotatable bonds is 2. The molecule has 1 aromatic rings. The van der Waals surface area contributed by atoms with Crippen LogP contribution in [0.4, 0.5) is 0 Å². The van der Waals surface area contributed by atoms with Crippen LogP contribution in [0.5, 0.6) is 0 Å². The van der Waals surface area contributed by atoms with Crippen molar-refractivity contribution in [2.75, 3.05) is 0 Å². The summed E-state index contributed by atoms with van der Waals surface area (Å²) >= 11 is 6.82. The lowest BCUT2D eigenvalue weighted by Crippen LogP contribution is -1.74. The SMILES string of the molecule is O=Cc1cc(CO)sc1Cl. The molecule has 4 heteroatoms. The maximum Gasteiger partial charge on any atom is 0.152 e. The molecule has 1 heterocycles. The molecule has 0 aliphatic rings. The number of hydrogen-bond acceptors (Lipinski definition) is 3. The van der Waals surface area contributed by atoms with E-state index in [0.717, 1.165) is 0 Å². The largest absolute Gasteiger partial charge is 0.391 e. The number of carbonyl (C=O) groups is 1. The summed E-state index contributed by atoms with van der Waals surface area (Å²) in [5.74, 6) is 0. The summed E-state index contributed by atoms with van der Waals surface area (Å²) in [6.45, 7) is -0.0573. The molecule has 1 N–H and O–H groups in total. The van der Waals surface area contributed by atoms with E-state index in [9.17, 15) is 4.79 Å². The molecule has 0 atom stereocenters. The Morgan fingerprint density at radius 1 is 1.80 bits per heavy atom. The molecular formula is C6H5ClO2S. The third kappa shape index (κ3) is 1.37. The van der Waals surface area contributed by atoms with Crippen molar-refractivity contribution in [2.24, 2.45) is 0 Å². The van der Waals surface area contributed by atoms with Gasteiger partial charge in [-0.15, -0.1) is 11.3 Å². The Morgan fingerprint density at radius 2 is 2.50 bits per heavy atom. The maximum absolute atomic E-state index is 10.2. The van der Waals surface area contributed by atoms with Crippen LogP contribution in [0.25, 0.3) is 0 Å². The number of hydrogen-bond donors (Lipinski definition) is 1. The predicted molar refractivity (Wildman–Crippen MR) is 40.6 cm³/mol. The van der Waals surface area contributed by atoms with Gasteiger partial charge >= 0.3 is 0 Å².